The quantitative estimate of drug-likeness (QED) is 0.152. The molecule has 0 bridgehead atoms. The van der Waals surface area contributed by atoms with Gasteiger partial charge in [0, 0.05) is 80.5 Å². The number of carbonyl (C=O) groups excluding carboxylic acids is 1. The molecule has 6 rings (SSSR count). The van der Waals surface area contributed by atoms with Gasteiger partial charge in [-0.15, -0.1) is 13.2 Å². The first-order chi connectivity index (χ1) is 24.0. The molecule has 2 aliphatic heterocycles. The molecule has 11 heteroatoms. The van der Waals surface area contributed by atoms with Crippen LogP contribution in [0.3, 0.4) is 0 Å². The Morgan fingerprint density at radius 1 is 0.940 bits per heavy atom. The van der Waals surface area contributed by atoms with Gasteiger partial charge in [-0.2, -0.15) is 0 Å². The Kier molecular flexibility index (Phi) is 11.2. The average molecular weight is 692 g/mol. The van der Waals surface area contributed by atoms with E-state index in [0.29, 0.717) is 25.8 Å². The van der Waals surface area contributed by atoms with E-state index in [-0.39, 0.29) is 11.5 Å². The Bertz CT molecular complexity index is 1760. The number of aromatic nitrogens is 1. The highest BCUT2D eigenvalue weighted by Crippen LogP contribution is 2.34. The second-order valence-corrected chi connectivity index (χ2v) is 13.8. The van der Waals surface area contributed by atoms with Crippen molar-refractivity contribution in [1.82, 2.24) is 19.7 Å². The molecule has 3 aromatic carbocycles. The number of rotatable bonds is 13. The van der Waals surface area contributed by atoms with Crippen molar-refractivity contribution in [3.8, 4) is 22.6 Å². The number of nitrogens with two attached hydrogens (primary N) is 1. The summed E-state index contributed by atoms with van der Waals surface area (Å²) < 4.78 is 50.4. The van der Waals surface area contributed by atoms with E-state index >= 15 is 0 Å². The van der Waals surface area contributed by atoms with Gasteiger partial charge in [0.2, 0.25) is 0 Å². The van der Waals surface area contributed by atoms with E-state index in [2.05, 4.69) is 61.8 Å². The molecule has 0 saturated carbocycles. The number of piperazine rings is 1. The van der Waals surface area contributed by atoms with Crippen molar-refractivity contribution >= 4 is 16.7 Å². The number of benzene rings is 3. The predicted octanol–water partition coefficient (Wildman–Crippen LogP) is 6.66. The molecule has 0 spiro atoms. The predicted molar refractivity (Wildman–Crippen MR) is 190 cm³/mol. The Morgan fingerprint density at radius 3 is 2.32 bits per heavy atom. The van der Waals surface area contributed by atoms with Crippen LogP contribution in [0.15, 0.2) is 66.9 Å². The molecular weight excluding hydrogens is 643 g/mol. The van der Waals surface area contributed by atoms with Crippen LogP contribution >= 0.6 is 0 Å². The summed E-state index contributed by atoms with van der Waals surface area (Å²) in [6.07, 6.45) is 0.678. The van der Waals surface area contributed by atoms with E-state index in [1.807, 2.05) is 12.1 Å². The monoisotopic (exact) mass is 691 g/mol. The summed E-state index contributed by atoms with van der Waals surface area (Å²) in [7, 11) is 1.72. The summed E-state index contributed by atoms with van der Waals surface area (Å²) >= 11 is 0. The molecule has 8 nitrogen and oxygen atoms in total. The fourth-order valence-corrected chi connectivity index (χ4v) is 7.32. The normalized spacial score (nSPS) is 17.2. The van der Waals surface area contributed by atoms with E-state index < -0.39 is 11.9 Å². The lowest BCUT2D eigenvalue weighted by Crippen LogP contribution is -2.54. The van der Waals surface area contributed by atoms with Gasteiger partial charge >= 0.3 is 6.36 Å². The second-order valence-electron chi connectivity index (χ2n) is 13.8. The summed E-state index contributed by atoms with van der Waals surface area (Å²) in [5.74, 6) is 0.820. The zero-order chi connectivity index (χ0) is 35.3. The SMILES string of the molecule is COc1cccc(C)c1CN1CCN(Cc2ccc3c(c2)c(-c2ccc(OC(F)(F)F)cc2)cn3CCCCC(=O)C2(N)CCNCC2)CC1. The molecule has 2 saturated heterocycles. The number of unbranched alkanes of at least 4 members (excludes halogenated alkanes) is 1. The number of hydrogen-bond donors (Lipinski definition) is 2. The first kappa shape index (κ1) is 35.9. The number of ketones is 1. The Morgan fingerprint density at radius 2 is 1.64 bits per heavy atom. The minimum absolute atomic E-state index is 0.138. The van der Waals surface area contributed by atoms with Gasteiger partial charge in [0.15, 0.2) is 5.78 Å². The number of aryl methyl sites for hydroxylation is 2. The van der Waals surface area contributed by atoms with Crippen LogP contribution in [-0.2, 0) is 24.4 Å². The van der Waals surface area contributed by atoms with Crippen LogP contribution in [0, 0.1) is 6.92 Å². The van der Waals surface area contributed by atoms with Gasteiger partial charge in [-0.3, -0.25) is 14.6 Å². The van der Waals surface area contributed by atoms with Crippen molar-refractivity contribution in [2.24, 2.45) is 5.73 Å². The van der Waals surface area contributed by atoms with Gasteiger partial charge in [0.1, 0.15) is 11.5 Å². The highest BCUT2D eigenvalue weighted by molar-refractivity contribution is 5.96. The van der Waals surface area contributed by atoms with Crippen molar-refractivity contribution in [2.45, 2.75) is 70.6 Å². The number of Topliss-reactive ketones (excluding diaryl/α,β-unsaturated/α-hetero) is 1. The number of ether oxygens (including phenoxy) is 2. The topological polar surface area (TPSA) is 85.0 Å². The highest BCUT2D eigenvalue weighted by atomic mass is 19.4. The largest absolute Gasteiger partial charge is 0.573 e. The van der Waals surface area contributed by atoms with E-state index in [4.69, 9.17) is 10.5 Å². The molecule has 0 atom stereocenters. The van der Waals surface area contributed by atoms with Crippen LogP contribution in [0.2, 0.25) is 0 Å². The van der Waals surface area contributed by atoms with Crippen molar-refractivity contribution in [3.63, 3.8) is 0 Å². The number of nitrogens with one attached hydrogen (secondary N) is 1. The van der Waals surface area contributed by atoms with E-state index in [9.17, 15) is 18.0 Å². The number of piperidine rings is 1. The summed E-state index contributed by atoms with van der Waals surface area (Å²) in [5.41, 5.74) is 12.2. The maximum Gasteiger partial charge on any atom is 0.573 e. The zero-order valence-corrected chi connectivity index (χ0v) is 29.0. The molecule has 0 radical (unpaired) electrons. The van der Waals surface area contributed by atoms with Gasteiger partial charge in [0.25, 0.3) is 0 Å². The summed E-state index contributed by atoms with van der Waals surface area (Å²) in [5, 5.41) is 4.32. The number of methoxy groups -OCH3 is 1. The van der Waals surface area contributed by atoms with Crippen LogP contribution in [0.25, 0.3) is 22.0 Å². The Balaban J connectivity index is 1.15. The van der Waals surface area contributed by atoms with Crippen molar-refractivity contribution in [3.05, 3.63) is 83.6 Å². The van der Waals surface area contributed by atoms with Crippen molar-refractivity contribution in [1.29, 1.82) is 0 Å². The molecule has 1 aromatic heterocycles. The molecule has 4 aromatic rings. The molecule has 0 aliphatic carbocycles. The molecular formula is C39H48F3N5O3. The van der Waals surface area contributed by atoms with E-state index in [1.54, 1.807) is 19.2 Å². The third kappa shape index (κ3) is 8.69. The molecule has 268 valence electrons. The molecule has 0 unspecified atom stereocenters. The van der Waals surface area contributed by atoms with Gasteiger partial charge in [0.05, 0.1) is 12.6 Å². The second kappa shape index (κ2) is 15.6. The molecule has 3 N–H and O–H groups in total. The van der Waals surface area contributed by atoms with Crippen LogP contribution in [0.5, 0.6) is 11.5 Å². The number of carbonyl (C=O) groups is 1. The van der Waals surface area contributed by atoms with Gasteiger partial charge in [-0.05, 0) is 92.7 Å². The fourth-order valence-electron chi connectivity index (χ4n) is 7.32. The van der Waals surface area contributed by atoms with Crippen LogP contribution in [0.1, 0.15) is 48.8 Å². The summed E-state index contributed by atoms with van der Waals surface area (Å²) in [4.78, 5) is 17.9. The summed E-state index contributed by atoms with van der Waals surface area (Å²) in [6.45, 7) is 9.85. The average Bonchev–Trinajstić information content (AvgIpc) is 3.45. The number of fused-ring (bicyclic) bond motifs is 1. The van der Waals surface area contributed by atoms with E-state index in [0.717, 1.165) is 93.0 Å². The highest BCUT2D eigenvalue weighted by Gasteiger charge is 2.34. The van der Waals surface area contributed by atoms with Gasteiger partial charge < -0.3 is 25.1 Å². The first-order valence-corrected chi connectivity index (χ1v) is 17.6. The number of nitrogens with zero attached hydrogens (tertiary/aromatic N) is 3. The minimum Gasteiger partial charge on any atom is -0.496 e. The van der Waals surface area contributed by atoms with Crippen LogP contribution < -0.4 is 20.5 Å². The van der Waals surface area contributed by atoms with Crippen LogP contribution in [0.4, 0.5) is 13.2 Å². The zero-order valence-electron chi connectivity index (χ0n) is 29.0. The van der Waals surface area contributed by atoms with Gasteiger partial charge in [-0.25, -0.2) is 0 Å². The van der Waals surface area contributed by atoms with E-state index in [1.165, 1.54) is 28.8 Å². The molecule has 0 amide bonds. The number of hydrogen-bond acceptors (Lipinski definition) is 7. The molecule has 3 heterocycles. The minimum atomic E-state index is -4.75. The van der Waals surface area contributed by atoms with Gasteiger partial charge in [-0.1, -0.05) is 30.3 Å². The Hall–Kier alpha value is -3.90. The first-order valence-electron chi connectivity index (χ1n) is 17.6. The lowest BCUT2D eigenvalue weighted by molar-refractivity contribution is -0.274. The molecule has 50 heavy (non-hydrogen) atoms. The van der Waals surface area contributed by atoms with Crippen molar-refractivity contribution in [2.75, 3.05) is 46.4 Å². The maximum absolute atomic E-state index is 12.9. The standard InChI is InChI=1S/C39H48F3N5O3/c1-28-6-5-7-36(49-2)33(28)26-46-22-20-45(21-23-46)25-29-9-14-35-32(24-29)34(30-10-12-31(13-11-30)50-39(40,41)42)27-47(35)19-4-3-8-37(48)38(43)15-17-44-18-16-38/h5-7,9-14,24,27,44H,3-4,8,15-23,25-26,43H2,1-2H3. The lowest BCUT2D eigenvalue weighted by Gasteiger charge is -2.35. The number of alkyl halides is 3. The lowest BCUT2D eigenvalue weighted by atomic mass is 9.83. The molecule has 2 fully saturated rings. The van der Waals surface area contributed by atoms with Crippen LogP contribution in [-0.4, -0.2) is 78.4 Å². The smallest absolute Gasteiger partial charge is 0.496 e. The molecule has 2 aliphatic rings. The third-order valence-electron chi connectivity index (χ3n) is 10.3. The Labute approximate surface area is 292 Å². The number of halogens is 3. The maximum atomic E-state index is 12.9. The summed E-state index contributed by atoms with van der Waals surface area (Å²) in [6, 6.07) is 18.8. The third-order valence-corrected chi connectivity index (χ3v) is 10.3. The van der Waals surface area contributed by atoms with Crippen molar-refractivity contribution < 1.29 is 27.4 Å². The fraction of sp³-hybridized carbons (Fsp3) is 0.462.